The zero-order valence-corrected chi connectivity index (χ0v) is 14.3. The largest absolute Gasteiger partial charge is 0.399 e. The molecule has 116 valence electrons. The number of aromatic nitrogens is 2. The van der Waals surface area contributed by atoms with E-state index in [4.69, 9.17) is 5.73 Å². The molecule has 2 aromatic carbocycles. The van der Waals surface area contributed by atoms with Crippen molar-refractivity contribution in [3.8, 4) is 0 Å². The smallest absolute Gasteiger partial charge is 0.236 e. The van der Waals surface area contributed by atoms with Gasteiger partial charge in [0.05, 0.1) is 11.0 Å². The van der Waals surface area contributed by atoms with Gasteiger partial charge >= 0.3 is 0 Å². The number of carbonyl (C=O) groups excluding carboxylic acids is 1. The van der Waals surface area contributed by atoms with Crippen LogP contribution in [0.3, 0.4) is 0 Å². The van der Waals surface area contributed by atoms with Gasteiger partial charge < -0.3 is 5.73 Å². The summed E-state index contributed by atoms with van der Waals surface area (Å²) in [5.74, 6) is 0.794. The van der Waals surface area contributed by atoms with Crippen molar-refractivity contribution < 1.29 is 4.79 Å². The molecule has 0 saturated carbocycles. The Morgan fingerprint density at radius 3 is 2.83 bits per heavy atom. The third-order valence-corrected chi connectivity index (χ3v) is 5.01. The Labute approximate surface area is 142 Å². The summed E-state index contributed by atoms with van der Waals surface area (Å²) in [4.78, 5) is 17.5. The molecule has 0 aliphatic heterocycles. The fraction of sp³-hybridized carbons (Fsp3) is 0.222. The van der Waals surface area contributed by atoms with Crippen molar-refractivity contribution >= 4 is 38.6 Å². The minimum Gasteiger partial charge on any atom is -0.399 e. The monoisotopic (exact) mass is 369 g/mol. The van der Waals surface area contributed by atoms with Crippen LogP contribution < -0.4 is 5.73 Å². The quantitative estimate of drug-likeness (QED) is 0.664. The van der Waals surface area contributed by atoms with Gasteiger partial charge in [0.1, 0.15) is 5.82 Å². The van der Waals surface area contributed by atoms with E-state index in [-0.39, 0.29) is 11.8 Å². The van der Waals surface area contributed by atoms with Crippen molar-refractivity contribution in [2.24, 2.45) is 5.92 Å². The van der Waals surface area contributed by atoms with E-state index in [1.807, 2.05) is 31.2 Å². The van der Waals surface area contributed by atoms with E-state index in [0.29, 0.717) is 11.5 Å². The molecule has 0 bridgehead atoms. The van der Waals surface area contributed by atoms with Crippen LogP contribution in [0.5, 0.6) is 0 Å². The van der Waals surface area contributed by atoms with Gasteiger partial charge in [-0.1, -0.05) is 22.0 Å². The molecule has 0 saturated heterocycles. The molecule has 1 aromatic heterocycles. The summed E-state index contributed by atoms with van der Waals surface area (Å²) in [6, 6.07) is 11.8. The van der Waals surface area contributed by atoms with Crippen molar-refractivity contribution in [3.63, 3.8) is 0 Å². The van der Waals surface area contributed by atoms with E-state index in [1.165, 1.54) is 11.1 Å². The summed E-state index contributed by atoms with van der Waals surface area (Å²) in [6.45, 7) is 1.87. The third-order valence-electron chi connectivity index (χ3n) is 4.52. The second kappa shape index (κ2) is 5.20. The molecule has 1 heterocycles. The summed E-state index contributed by atoms with van der Waals surface area (Å²) in [6.07, 6.45) is 1.57. The molecule has 5 heteroatoms. The Kier molecular flexibility index (Phi) is 3.27. The molecule has 0 radical (unpaired) electrons. The lowest BCUT2D eigenvalue weighted by molar-refractivity contribution is 0.0842. The van der Waals surface area contributed by atoms with Crippen LogP contribution in [0.2, 0.25) is 0 Å². The van der Waals surface area contributed by atoms with E-state index in [2.05, 4.69) is 33.0 Å². The number of aryl methyl sites for hydroxylation is 1. The number of fused-ring (bicyclic) bond motifs is 2. The first-order chi connectivity index (χ1) is 11.0. The second-order valence-electron chi connectivity index (χ2n) is 6.10. The zero-order valence-electron chi connectivity index (χ0n) is 12.7. The Morgan fingerprint density at radius 2 is 2.00 bits per heavy atom. The molecular weight excluding hydrogens is 354 g/mol. The molecule has 0 amide bonds. The summed E-state index contributed by atoms with van der Waals surface area (Å²) < 4.78 is 2.80. The first kappa shape index (κ1) is 14.5. The number of anilines is 1. The van der Waals surface area contributed by atoms with Gasteiger partial charge in [-0.2, -0.15) is 0 Å². The van der Waals surface area contributed by atoms with Gasteiger partial charge in [0.25, 0.3) is 0 Å². The van der Waals surface area contributed by atoms with Gasteiger partial charge in [-0.05, 0) is 61.2 Å². The van der Waals surface area contributed by atoms with Crippen LogP contribution in [-0.2, 0) is 12.8 Å². The highest BCUT2D eigenvalue weighted by molar-refractivity contribution is 9.10. The number of nitrogen functional groups attached to an aromatic ring is 1. The Hall–Kier alpha value is -2.14. The van der Waals surface area contributed by atoms with Gasteiger partial charge in [-0.25, -0.2) is 4.98 Å². The van der Waals surface area contributed by atoms with Crippen molar-refractivity contribution in [3.05, 3.63) is 57.8 Å². The van der Waals surface area contributed by atoms with Crippen molar-refractivity contribution in [1.29, 1.82) is 0 Å². The highest BCUT2D eigenvalue weighted by atomic mass is 79.9. The maximum atomic E-state index is 13.1. The van der Waals surface area contributed by atoms with Gasteiger partial charge in [-0.3, -0.25) is 9.36 Å². The van der Waals surface area contributed by atoms with E-state index in [0.717, 1.165) is 28.3 Å². The zero-order chi connectivity index (χ0) is 16.1. The Morgan fingerprint density at radius 1 is 1.22 bits per heavy atom. The van der Waals surface area contributed by atoms with E-state index in [1.54, 1.807) is 4.57 Å². The summed E-state index contributed by atoms with van der Waals surface area (Å²) in [5, 5.41) is 0. The van der Waals surface area contributed by atoms with Gasteiger partial charge in [0, 0.05) is 16.1 Å². The molecule has 23 heavy (non-hydrogen) atoms. The standard InChI is InChI=1S/C18H16BrN3O/c1-10-21-16-9-15(20)4-5-17(16)22(10)18(23)13-6-11-2-3-14(19)8-12(11)7-13/h2-5,8-9,13H,6-7,20H2,1H3. The van der Waals surface area contributed by atoms with Gasteiger partial charge in [0.15, 0.2) is 0 Å². The summed E-state index contributed by atoms with van der Waals surface area (Å²) >= 11 is 3.50. The van der Waals surface area contributed by atoms with Crippen LogP contribution in [0.1, 0.15) is 21.7 Å². The molecule has 3 aromatic rings. The maximum Gasteiger partial charge on any atom is 0.236 e. The molecule has 0 spiro atoms. The van der Waals surface area contributed by atoms with Crippen LogP contribution in [-0.4, -0.2) is 15.5 Å². The minimum absolute atomic E-state index is 0.0343. The van der Waals surface area contributed by atoms with Crippen LogP contribution in [0.4, 0.5) is 5.69 Å². The lowest BCUT2D eigenvalue weighted by atomic mass is 10.1. The lowest BCUT2D eigenvalue weighted by Gasteiger charge is -2.11. The first-order valence-electron chi connectivity index (χ1n) is 7.59. The van der Waals surface area contributed by atoms with E-state index < -0.39 is 0 Å². The Bertz CT molecular complexity index is 945. The number of benzene rings is 2. The second-order valence-corrected chi connectivity index (χ2v) is 7.01. The first-order valence-corrected chi connectivity index (χ1v) is 8.38. The van der Waals surface area contributed by atoms with E-state index >= 15 is 0 Å². The number of hydrogen-bond acceptors (Lipinski definition) is 3. The van der Waals surface area contributed by atoms with Crippen LogP contribution in [0.15, 0.2) is 40.9 Å². The Balaban J connectivity index is 1.72. The number of carbonyl (C=O) groups is 1. The summed E-state index contributed by atoms with van der Waals surface area (Å²) in [5.41, 5.74) is 10.6. The van der Waals surface area contributed by atoms with Crippen LogP contribution in [0.25, 0.3) is 11.0 Å². The minimum atomic E-state index is -0.0343. The highest BCUT2D eigenvalue weighted by Crippen LogP contribution is 2.31. The lowest BCUT2D eigenvalue weighted by Crippen LogP contribution is -2.23. The molecule has 1 aliphatic carbocycles. The van der Waals surface area contributed by atoms with Crippen LogP contribution in [0, 0.1) is 12.8 Å². The summed E-state index contributed by atoms with van der Waals surface area (Å²) in [7, 11) is 0. The molecule has 4 rings (SSSR count). The van der Waals surface area contributed by atoms with Gasteiger partial charge in [0.2, 0.25) is 5.91 Å². The number of nitrogens with zero attached hydrogens (tertiary/aromatic N) is 2. The van der Waals surface area contributed by atoms with Crippen molar-refractivity contribution in [1.82, 2.24) is 9.55 Å². The van der Waals surface area contributed by atoms with Gasteiger partial charge in [-0.15, -0.1) is 0 Å². The molecular formula is C18H16BrN3O. The van der Waals surface area contributed by atoms with Crippen molar-refractivity contribution in [2.75, 3.05) is 5.73 Å². The molecule has 1 unspecified atom stereocenters. The fourth-order valence-electron chi connectivity index (χ4n) is 3.44. The third kappa shape index (κ3) is 2.36. The average molecular weight is 370 g/mol. The molecule has 1 aliphatic rings. The fourth-order valence-corrected chi connectivity index (χ4v) is 3.85. The number of rotatable bonds is 1. The average Bonchev–Trinajstić information content (AvgIpc) is 3.05. The van der Waals surface area contributed by atoms with E-state index in [9.17, 15) is 4.79 Å². The maximum absolute atomic E-state index is 13.1. The predicted molar refractivity (Wildman–Crippen MR) is 94.5 cm³/mol. The predicted octanol–water partition coefficient (Wildman–Crippen LogP) is 3.74. The number of halogens is 1. The molecule has 0 fully saturated rings. The normalized spacial score (nSPS) is 16.7. The molecule has 1 atom stereocenters. The SMILES string of the molecule is Cc1nc2cc(N)ccc2n1C(=O)C1Cc2ccc(Br)cc2C1. The molecule has 4 nitrogen and oxygen atoms in total. The topological polar surface area (TPSA) is 60.9 Å². The number of nitrogens with two attached hydrogens (primary N) is 1. The van der Waals surface area contributed by atoms with Crippen LogP contribution >= 0.6 is 15.9 Å². The van der Waals surface area contributed by atoms with Crippen molar-refractivity contribution in [2.45, 2.75) is 19.8 Å². The number of hydrogen-bond donors (Lipinski definition) is 1. The molecule has 2 N–H and O–H groups in total. The number of imidazole rings is 1. The highest BCUT2D eigenvalue weighted by Gasteiger charge is 2.30.